The van der Waals surface area contributed by atoms with Crippen LogP contribution in [0, 0.1) is 17.2 Å². The van der Waals surface area contributed by atoms with E-state index in [1.54, 1.807) is 36.5 Å². The molecule has 7 heteroatoms. The Morgan fingerprint density at radius 2 is 1.74 bits per heavy atom. The van der Waals surface area contributed by atoms with Crippen LogP contribution in [0.4, 0.5) is 4.39 Å². The van der Waals surface area contributed by atoms with Crippen LogP contribution in [0.1, 0.15) is 46.6 Å². The van der Waals surface area contributed by atoms with Gasteiger partial charge in [0.2, 0.25) is 0 Å². The first-order chi connectivity index (χ1) is 18.4. The highest BCUT2D eigenvalue weighted by Gasteiger charge is 2.54. The molecule has 0 amide bonds. The number of aromatic nitrogens is 2. The average molecular weight is 529 g/mol. The summed E-state index contributed by atoms with van der Waals surface area (Å²) in [5.41, 5.74) is 3.33. The monoisotopic (exact) mass is 528 g/mol. The molecule has 5 nitrogen and oxygen atoms in total. The van der Waals surface area contributed by atoms with Crippen LogP contribution in [-0.4, -0.2) is 29.0 Å². The highest BCUT2D eigenvalue weighted by molar-refractivity contribution is 7.91. The van der Waals surface area contributed by atoms with Crippen LogP contribution in [0.25, 0.3) is 5.69 Å². The van der Waals surface area contributed by atoms with Crippen molar-refractivity contribution in [2.45, 2.75) is 43.1 Å². The third-order valence-electron chi connectivity index (χ3n) is 8.42. The summed E-state index contributed by atoms with van der Waals surface area (Å²) in [5, 5.41) is -0.590. The lowest BCUT2D eigenvalue weighted by atomic mass is 9.56. The second kappa shape index (κ2) is 9.62. The molecule has 0 bridgehead atoms. The first-order valence-corrected chi connectivity index (χ1v) is 14.7. The number of rotatable bonds is 6. The molecule has 1 fully saturated rings. The Kier molecular flexibility index (Phi) is 6.26. The highest BCUT2D eigenvalue weighted by atomic mass is 32.2. The zero-order valence-electron chi connectivity index (χ0n) is 21.0. The van der Waals surface area contributed by atoms with Gasteiger partial charge in [-0.1, -0.05) is 36.4 Å². The van der Waals surface area contributed by atoms with Crippen molar-refractivity contribution in [2.24, 2.45) is 11.3 Å². The minimum Gasteiger partial charge on any atom is -0.321 e. The van der Waals surface area contributed by atoms with Gasteiger partial charge >= 0.3 is 0 Å². The largest absolute Gasteiger partial charge is 0.321 e. The molecule has 2 aliphatic rings. The van der Waals surface area contributed by atoms with Gasteiger partial charge in [0.1, 0.15) is 11.5 Å². The zero-order chi connectivity index (χ0) is 26.3. The van der Waals surface area contributed by atoms with Gasteiger partial charge in [0, 0.05) is 29.2 Å². The summed E-state index contributed by atoms with van der Waals surface area (Å²) in [6, 6.07) is 23.0. The topological polar surface area (TPSA) is 69.0 Å². The molecule has 4 aromatic rings. The van der Waals surface area contributed by atoms with E-state index >= 15 is 0 Å². The third-order valence-corrected chi connectivity index (χ3v) is 10.6. The molecule has 0 saturated heterocycles. The summed E-state index contributed by atoms with van der Waals surface area (Å²) in [4.78, 5) is 18.6. The summed E-state index contributed by atoms with van der Waals surface area (Å²) < 4.78 is 42.9. The van der Waals surface area contributed by atoms with E-state index in [0.717, 1.165) is 22.5 Å². The van der Waals surface area contributed by atoms with Crippen molar-refractivity contribution in [3.05, 3.63) is 120 Å². The van der Waals surface area contributed by atoms with Crippen molar-refractivity contribution in [3.63, 3.8) is 0 Å². The predicted octanol–water partition coefficient (Wildman–Crippen LogP) is 5.76. The Morgan fingerprint density at radius 3 is 2.47 bits per heavy atom. The molecule has 194 valence electrons. The Balaban J connectivity index is 1.39. The van der Waals surface area contributed by atoms with E-state index in [4.69, 9.17) is 0 Å². The van der Waals surface area contributed by atoms with Crippen LogP contribution < -0.4 is 0 Å². The summed E-state index contributed by atoms with van der Waals surface area (Å²) in [6.45, 7) is 0. The second-order valence-electron chi connectivity index (χ2n) is 10.6. The SMILES string of the molecule is O=C(c1ccccn1)[C@]12Cc3ccn(-c4ccc(F)cc4)c3CC1CC[C@H](S(=O)(=O)Cc1ccccc1)C2. The summed E-state index contributed by atoms with van der Waals surface area (Å²) >= 11 is 0. The Morgan fingerprint density at radius 1 is 0.974 bits per heavy atom. The number of Topliss-reactive ketones (excluding diaryl/α,β-unsaturated/α-hetero) is 1. The lowest BCUT2D eigenvalue weighted by Gasteiger charge is -2.48. The lowest BCUT2D eigenvalue weighted by molar-refractivity contribution is 0.0488. The smallest absolute Gasteiger partial charge is 0.187 e. The molecular weight excluding hydrogens is 499 g/mol. The van der Waals surface area contributed by atoms with Crippen molar-refractivity contribution in [2.75, 3.05) is 0 Å². The van der Waals surface area contributed by atoms with Gasteiger partial charge in [-0.25, -0.2) is 12.8 Å². The summed E-state index contributed by atoms with van der Waals surface area (Å²) in [7, 11) is -3.47. The zero-order valence-corrected chi connectivity index (χ0v) is 21.8. The van der Waals surface area contributed by atoms with Crippen molar-refractivity contribution in [1.29, 1.82) is 0 Å². The first kappa shape index (κ1) is 24.7. The number of nitrogens with zero attached hydrogens (tertiary/aromatic N) is 2. The Labute approximate surface area is 222 Å². The van der Waals surface area contributed by atoms with Crippen molar-refractivity contribution >= 4 is 15.6 Å². The van der Waals surface area contributed by atoms with Crippen LogP contribution in [0.3, 0.4) is 0 Å². The number of carbonyl (C=O) groups is 1. The molecular formula is C31H29FN2O3S. The van der Waals surface area contributed by atoms with Crippen molar-refractivity contribution in [3.8, 4) is 5.69 Å². The fraction of sp³-hybridized carbons (Fsp3) is 0.290. The molecule has 0 aliphatic heterocycles. The number of halogens is 1. The van der Waals surface area contributed by atoms with E-state index in [2.05, 4.69) is 9.55 Å². The van der Waals surface area contributed by atoms with Gasteiger partial charge in [-0.2, -0.15) is 0 Å². The van der Waals surface area contributed by atoms with Crippen LogP contribution in [0.15, 0.2) is 91.3 Å². The molecule has 1 unspecified atom stereocenters. The second-order valence-corrected chi connectivity index (χ2v) is 12.9. The molecule has 2 heterocycles. The van der Waals surface area contributed by atoms with Crippen LogP contribution in [0.5, 0.6) is 0 Å². The fourth-order valence-corrected chi connectivity index (χ4v) is 8.45. The summed E-state index contributed by atoms with van der Waals surface area (Å²) in [5.74, 6) is -0.391. The number of benzene rings is 2. The van der Waals surface area contributed by atoms with Crippen LogP contribution in [0.2, 0.25) is 0 Å². The fourth-order valence-electron chi connectivity index (χ4n) is 6.51. The molecule has 1 saturated carbocycles. The van der Waals surface area contributed by atoms with Crippen LogP contribution in [-0.2, 0) is 28.4 Å². The molecule has 0 spiro atoms. The Hall–Kier alpha value is -3.58. The van der Waals surface area contributed by atoms with Gasteiger partial charge in [0.05, 0.1) is 11.0 Å². The maximum Gasteiger partial charge on any atom is 0.187 e. The highest BCUT2D eigenvalue weighted by Crippen LogP contribution is 2.52. The van der Waals surface area contributed by atoms with E-state index in [9.17, 15) is 17.6 Å². The van der Waals surface area contributed by atoms with Gasteiger partial charge in [-0.05, 0) is 91.6 Å². The molecule has 38 heavy (non-hydrogen) atoms. The van der Waals surface area contributed by atoms with E-state index < -0.39 is 20.5 Å². The number of carbonyl (C=O) groups excluding carboxylic acids is 1. The van der Waals surface area contributed by atoms with E-state index in [1.165, 1.54) is 12.1 Å². The molecule has 3 atom stereocenters. The number of sulfone groups is 1. The van der Waals surface area contributed by atoms with Gasteiger partial charge in [-0.15, -0.1) is 0 Å². The normalized spacial score (nSPS) is 22.9. The number of ketones is 1. The number of hydrogen-bond acceptors (Lipinski definition) is 4. The molecule has 0 N–H and O–H groups in total. The van der Waals surface area contributed by atoms with Crippen molar-refractivity contribution in [1.82, 2.24) is 9.55 Å². The van der Waals surface area contributed by atoms with Crippen molar-refractivity contribution < 1.29 is 17.6 Å². The van der Waals surface area contributed by atoms with Gasteiger partial charge in [0.25, 0.3) is 0 Å². The minimum absolute atomic E-state index is 0.0122. The molecule has 6 rings (SSSR count). The van der Waals surface area contributed by atoms with Gasteiger partial charge in [0.15, 0.2) is 15.6 Å². The number of pyridine rings is 1. The Bertz CT molecular complexity index is 1570. The lowest BCUT2D eigenvalue weighted by Crippen LogP contribution is -2.51. The van der Waals surface area contributed by atoms with Gasteiger partial charge in [-0.3, -0.25) is 9.78 Å². The standard InChI is InChI=1S/C31H29FN2O3S/c32-25-10-12-26(13-11-25)34-17-15-23-19-31(30(35)28-8-4-5-16-33-28)20-27(14-9-24(31)18-29(23)34)38(36,37)21-22-6-2-1-3-7-22/h1-8,10-13,15-17,24,27H,9,14,18-21H2/t24?,27-,31-/m0/s1. The maximum atomic E-state index is 14.2. The van der Waals surface area contributed by atoms with E-state index in [-0.39, 0.29) is 23.3 Å². The molecule has 2 aliphatic carbocycles. The molecule has 0 radical (unpaired) electrons. The molecule has 2 aromatic heterocycles. The first-order valence-electron chi connectivity index (χ1n) is 13.0. The van der Waals surface area contributed by atoms with Gasteiger partial charge < -0.3 is 4.57 Å². The van der Waals surface area contributed by atoms with Crippen LogP contribution >= 0.6 is 0 Å². The maximum absolute atomic E-state index is 14.2. The minimum atomic E-state index is -3.47. The number of fused-ring (bicyclic) bond motifs is 2. The quantitative estimate of drug-likeness (QED) is 0.298. The summed E-state index contributed by atoms with van der Waals surface area (Å²) in [6.07, 6.45) is 6.18. The van der Waals surface area contributed by atoms with E-state index in [0.29, 0.717) is 37.8 Å². The average Bonchev–Trinajstić information content (AvgIpc) is 3.34. The third kappa shape index (κ3) is 4.39. The molecule has 2 aromatic carbocycles. The van der Waals surface area contributed by atoms with E-state index in [1.807, 2.05) is 42.6 Å². The predicted molar refractivity (Wildman–Crippen MR) is 144 cm³/mol. The number of hydrogen-bond donors (Lipinski definition) is 0.